The van der Waals surface area contributed by atoms with Gasteiger partial charge in [-0.05, 0) is 34.6 Å². The number of hydrogen-bond donors (Lipinski definition) is 0. The number of amides is 1. The van der Waals surface area contributed by atoms with Crippen molar-refractivity contribution in [2.75, 3.05) is 24.5 Å². The van der Waals surface area contributed by atoms with Gasteiger partial charge in [-0.3, -0.25) is 13.9 Å². The van der Waals surface area contributed by atoms with Crippen LogP contribution < -0.4 is 4.90 Å². The van der Waals surface area contributed by atoms with Crippen LogP contribution in [-0.2, 0) is 4.74 Å². The zero-order chi connectivity index (χ0) is 23.0. The molecule has 1 atom stereocenters. The zero-order valence-electron chi connectivity index (χ0n) is 18.7. The van der Waals surface area contributed by atoms with E-state index in [0.29, 0.717) is 19.6 Å². The summed E-state index contributed by atoms with van der Waals surface area (Å²) in [6.45, 7) is 11.5. The number of aromatic nitrogens is 5. The van der Waals surface area contributed by atoms with E-state index in [1.807, 2.05) is 44.8 Å². The average Bonchev–Trinajstić information content (AvgIpc) is 3.11. The summed E-state index contributed by atoms with van der Waals surface area (Å²) in [4.78, 5) is 34.9. The number of ether oxygens (including phenoxy) is 1. The first-order valence-corrected chi connectivity index (χ1v) is 13.7. The van der Waals surface area contributed by atoms with Crippen LogP contribution in [0.25, 0.3) is 22.3 Å². The summed E-state index contributed by atoms with van der Waals surface area (Å²) in [5.41, 5.74) is 2.93. The average molecular weight is 567 g/mol. The van der Waals surface area contributed by atoms with Gasteiger partial charge in [0.2, 0.25) is 0 Å². The Morgan fingerprint density at radius 2 is 1.94 bits per heavy atom. The fourth-order valence-corrected chi connectivity index (χ4v) is 5.15. The summed E-state index contributed by atoms with van der Waals surface area (Å²) < 4.78 is 7.61. The second-order valence-corrected chi connectivity index (χ2v) is 10.5. The number of carbonyl (C=O) groups excluding carboxylic acids is 1. The molecule has 0 saturated carbocycles. The highest BCUT2D eigenvalue weighted by molar-refractivity contribution is 14.2. The molecule has 32 heavy (non-hydrogen) atoms. The second kappa shape index (κ2) is 9.00. The summed E-state index contributed by atoms with van der Waals surface area (Å²) in [6, 6.07) is -0.0219. The van der Waals surface area contributed by atoms with Crippen LogP contribution in [0.1, 0.15) is 33.4 Å². The van der Waals surface area contributed by atoms with Crippen LogP contribution >= 0.6 is 30.3 Å². The van der Waals surface area contributed by atoms with E-state index in [2.05, 4.69) is 46.0 Å². The maximum absolute atomic E-state index is 12.6. The van der Waals surface area contributed by atoms with Crippen molar-refractivity contribution in [2.45, 2.75) is 46.3 Å². The van der Waals surface area contributed by atoms with E-state index in [1.54, 1.807) is 32.7 Å². The Labute approximate surface area is 203 Å². The standard InChI is InChI=1S/C21H26IN7O2S/c1-13-10-27(8-9-28(13)20(30)31-21(3,4)5)18-16-15(17-14(2)23-6-7-24-17)11-29(32-22)19(16)26-12-25-18/h6-7,11-13H,8-10H2,1-5H3. The number of halogens is 1. The monoisotopic (exact) mass is 567 g/mol. The largest absolute Gasteiger partial charge is 0.444 e. The third kappa shape index (κ3) is 4.49. The molecule has 1 fully saturated rings. The van der Waals surface area contributed by atoms with Gasteiger partial charge in [0.05, 0.1) is 16.8 Å². The van der Waals surface area contributed by atoms with Crippen LogP contribution in [0.4, 0.5) is 10.6 Å². The van der Waals surface area contributed by atoms with Crippen molar-refractivity contribution in [2.24, 2.45) is 0 Å². The molecule has 3 aromatic rings. The summed E-state index contributed by atoms with van der Waals surface area (Å²) in [7, 11) is 1.55. The fraction of sp³-hybridized carbons (Fsp3) is 0.476. The Bertz CT molecular complexity index is 1150. The molecular weight excluding hydrogens is 541 g/mol. The van der Waals surface area contributed by atoms with Gasteiger partial charge in [-0.2, -0.15) is 0 Å². The minimum atomic E-state index is -0.518. The van der Waals surface area contributed by atoms with Crippen LogP contribution in [-0.4, -0.2) is 66.2 Å². The van der Waals surface area contributed by atoms with Crippen LogP contribution in [0.15, 0.2) is 24.9 Å². The van der Waals surface area contributed by atoms with E-state index in [0.717, 1.165) is 33.8 Å². The van der Waals surface area contributed by atoms with Crippen molar-refractivity contribution in [1.82, 2.24) is 28.8 Å². The van der Waals surface area contributed by atoms with E-state index in [-0.39, 0.29) is 12.1 Å². The SMILES string of the molecule is Cc1nccnc1-c1cn(SI)c2ncnc(N3CCN(C(=O)OC(C)(C)C)C(C)C3)c12. The lowest BCUT2D eigenvalue weighted by Crippen LogP contribution is -2.55. The molecule has 1 unspecified atom stereocenters. The first kappa shape index (κ1) is 23.0. The molecule has 170 valence electrons. The number of nitrogens with zero attached hydrogens (tertiary/aromatic N) is 7. The maximum atomic E-state index is 12.6. The number of carbonyl (C=O) groups is 1. The number of rotatable bonds is 3. The van der Waals surface area contributed by atoms with Crippen LogP contribution in [0.5, 0.6) is 0 Å². The first-order chi connectivity index (χ1) is 15.2. The third-order valence-electron chi connectivity index (χ3n) is 5.30. The lowest BCUT2D eigenvalue weighted by molar-refractivity contribution is 0.0159. The molecule has 0 N–H and O–H groups in total. The highest BCUT2D eigenvalue weighted by Crippen LogP contribution is 2.38. The molecule has 1 aliphatic heterocycles. The van der Waals surface area contributed by atoms with E-state index >= 15 is 0 Å². The molecule has 9 nitrogen and oxygen atoms in total. The molecule has 1 amide bonds. The van der Waals surface area contributed by atoms with Crippen LogP contribution in [0.2, 0.25) is 0 Å². The van der Waals surface area contributed by atoms with Crippen molar-refractivity contribution in [3.8, 4) is 11.3 Å². The van der Waals surface area contributed by atoms with Gasteiger partial charge >= 0.3 is 6.09 Å². The van der Waals surface area contributed by atoms with E-state index in [1.165, 1.54) is 0 Å². The maximum Gasteiger partial charge on any atom is 0.410 e. The van der Waals surface area contributed by atoms with Gasteiger partial charge in [0.1, 0.15) is 17.7 Å². The summed E-state index contributed by atoms with van der Waals surface area (Å²) in [5, 5.41) is 0.943. The molecule has 0 aliphatic carbocycles. The molecule has 4 rings (SSSR count). The lowest BCUT2D eigenvalue weighted by Gasteiger charge is -2.40. The van der Waals surface area contributed by atoms with Crippen molar-refractivity contribution >= 4 is 53.3 Å². The second-order valence-electron chi connectivity index (χ2n) is 8.79. The van der Waals surface area contributed by atoms with Crippen molar-refractivity contribution in [1.29, 1.82) is 0 Å². The smallest absolute Gasteiger partial charge is 0.410 e. The van der Waals surface area contributed by atoms with Gasteiger partial charge in [-0.15, -0.1) is 0 Å². The van der Waals surface area contributed by atoms with Gasteiger partial charge in [-0.1, -0.05) is 0 Å². The molecule has 0 radical (unpaired) electrons. The van der Waals surface area contributed by atoms with Crippen LogP contribution in [0, 0.1) is 6.92 Å². The van der Waals surface area contributed by atoms with Crippen molar-refractivity contribution in [3.05, 3.63) is 30.6 Å². The predicted molar refractivity (Wildman–Crippen MR) is 135 cm³/mol. The Balaban J connectivity index is 1.71. The molecule has 11 heteroatoms. The van der Waals surface area contributed by atoms with Gasteiger partial charge in [0.15, 0.2) is 5.65 Å². The van der Waals surface area contributed by atoms with Gasteiger partial charge in [0.25, 0.3) is 0 Å². The first-order valence-electron chi connectivity index (χ1n) is 10.4. The summed E-state index contributed by atoms with van der Waals surface area (Å²) in [5.74, 6) is 0.843. The summed E-state index contributed by atoms with van der Waals surface area (Å²) in [6.07, 6.45) is 6.76. The molecule has 1 saturated heterocycles. The zero-order valence-corrected chi connectivity index (χ0v) is 21.7. The number of aryl methyl sites for hydroxylation is 1. The van der Waals surface area contributed by atoms with Gasteiger partial charge < -0.3 is 14.5 Å². The fourth-order valence-electron chi connectivity index (χ4n) is 3.90. The highest BCUT2D eigenvalue weighted by atomic mass is 127. The Morgan fingerprint density at radius 1 is 1.19 bits per heavy atom. The normalized spacial score (nSPS) is 17.1. The van der Waals surface area contributed by atoms with Gasteiger partial charge in [-0.25, -0.2) is 14.8 Å². The molecule has 0 aromatic carbocycles. The van der Waals surface area contributed by atoms with E-state index in [9.17, 15) is 4.79 Å². The molecule has 1 aliphatic rings. The van der Waals surface area contributed by atoms with E-state index in [4.69, 9.17) is 4.74 Å². The minimum absolute atomic E-state index is 0.0219. The lowest BCUT2D eigenvalue weighted by atomic mass is 10.1. The van der Waals surface area contributed by atoms with Crippen molar-refractivity contribution < 1.29 is 9.53 Å². The Kier molecular flexibility index (Phi) is 6.48. The van der Waals surface area contributed by atoms with Crippen molar-refractivity contribution in [3.63, 3.8) is 0 Å². The molecule has 0 bridgehead atoms. The number of piperazine rings is 1. The van der Waals surface area contributed by atoms with E-state index < -0.39 is 5.60 Å². The molecular formula is C21H26IN7O2S. The Hall–Kier alpha value is -2.15. The van der Waals surface area contributed by atoms with Gasteiger partial charge in [0, 0.05) is 80.2 Å². The topological polar surface area (TPSA) is 89.3 Å². The minimum Gasteiger partial charge on any atom is -0.444 e. The number of hydrogen-bond acceptors (Lipinski definition) is 8. The predicted octanol–water partition coefficient (Wildman–Crippen LogP) is 4.49. The number of fused-ring (bicyclic) bond motifs is 1. The molecule has 3 aromatic heterocycles. The highest BCUT2D eigenvalue weighted by Gasteiger charge is 2.32. The summed E-state index contributed by atoms with van der Waals surface area (Å²) >= 11 is 2.24. The molecule has 0 spiro atoms. The van der Waals surface area contributed by atoms with Crippen LogP contribution in [0.3, 0.4) is 0 Å². The third-order valence-corrected chi connectivity index (χ3v) is 7.00. The quantitative estimate of drug-likeness (QED) is 0.428. The Morgan fingerprint density at radius 3 is 2.59 bits per heavy atom. The molecule has 4 heterocycles. The number of anilines is 1.